The van der Waals surface area contributed by atoms with Crippen molar-refractivity contribution in [3.8, 4) is 5.75 Å². The van der Waals surface area contributed by atoms with E-state index in [1.54, 1.807) is 4.72 Å². The second-order valence-electron chi connectivity index (χ2n) is 4.17. The summed E-state index contributed by atoms with van der Waals surface area (Å²) in [5.41, 5.74) is 0. The first kappa shape index (κ1) is 21.7. The van der Waals surface area contributed by atoms with E-state index in [0.29, 0.717) is 0 Å². The summed E-state index contributed by atoms with van der Waals surface area (Å²) in [5, 5.41) is 1.48. The molecule has 128 valence electrons. The zero-order valence-electron chi connectivity index (χ0n) is 11.1. The monoisotopic (exact) mass is 411 g/mol. The summed E-state index contributed by atoms with van der Waals surface area (Å²) in [6.07, 6.45) is -1.12. The van der Waals surface area contributed by atoms with E-state index in [1.165, 1.54) is 17.5 Å². The molecule has 1 unspecified atom stereocenters. The van der Waals surface area contributed by atoms with Crippen molar-refractivity contribution in [1.29, 1.82) is 0 Å². The van der Waals surface area contributed by atoms with Crippen LogP contribution in [0.25, 0.3) is 0 Å². The molecule has 0 bridgehead atoms. The fourth-order valence-electron chi connectivity index (χ4n) is 1.45. The Balaban J connectivity index is 0.00000288. The van der Waals surface area contributed by atoms with E-state index in [0.717, 1.165) is 11.3 Å². The van der Waals surface area contributed by atoms with Crippen LogP contribution in [0, 0.1) is 17.5 Å². The third-order valence-corrected chi connectivity index (χ3v) is 6.45. The van der Waals surface area contributed by atoms with Gasteiger partial charge in [-0.15, -0.1) is 11.3 Å². The number of thiophene rings is 1. The SMILES string of the molecule is O=P(O)(CNS(=O)(=O)c1cccs1)Oc1c(F)cc(F)cc1F.[NaH]. The van der Waals surface area contributed by atoms with Crippen molar-refractivity contribution in [3.63, 3.8) is 0 Å². The topological polar surface area (TPSA) is 92.7 Å². The Morgan fingerprint density at radius 1 is 1.25 bits per heavy atom. The number of rotatable bonds is 6. The average molecular weight is 411 g/mol. The predicted octanol–water partition coefficient (Wildman–Crippen LogP) is 2.02. The van der Waals surface area contributed by atoms with Crippen molar-refractivity contribution in [3.05, 3.63) is 47.1 Å². The molecule has 0 radical (unpaired) electrons. The molecule has 0 aliphatic heterocycles. The summed E-state index contributed by atoms with van der Waals surface area (Å²) in [6, 6.07) is 3.23. The fraction of sp³-hybridized carbons (Fsp3) is 0.0909. The van der Waals surface area contributed by atoms with E-state index in [9.17, 15) is 31.0 Å². The Labute approximate surface area is 161 Å². The second-order valence-corrected chi connectivity index (χ2v) is 8.88. The molecule has 1 atom stereocenters. The van der Waals surface area contributed by atoms with E-state index in [4.69, 9.17) is 0 Å². The zero-order valence-corrected chi connectivity index (χ0v) is 13.6. The number of hydrogen-bond acceptors (Lipinski definition) is 5. The number of nitrogens with one attached hydrogen (secondary N) is 1. The maximum absolute atomic E-state index is 13.4. The molecular weight excluding hydrogens is 401 g/mol. The van der Waals surface area contributed by atoms with Gasteiger partial charge in [0.05, 0.1) is 0 Å². The van der Waals surface area contributed by atoms with Crippen molar-refractivity contribution in [2.75, 3.05) is 6.29 Å². The third-order valence-electron chi connectivity index (χ3n) is 2.41. The minimum absolute atomic E-state index is 0. The summed E-state index contributed by atoms with van der Waals surface area (Å²) in [5.74, 6) is -5.57. The van der Waals surface area contributed by atoms with E-state index in [-0.39, 0.29) is 45.9 Å². The first-order chi connectivity index (χ1) is 10.6. The summed E-state index contributed by atoms with van der Waals surface area (Å²) in [7, 11) is -8.83. The van der Waals surface area contributed by atoms with Gasteiger partial charge in [-0.1, -0.05) is 6.07 Å². The van der Waals surface area contributed by atoms with E-state index >= 15 is 0 Å². The summed E-state index contributed by atoms with van der Waals surface area (Å²) in [4.78, 5) is 9.53. The van der Waals surface area contributed by atoms with Gasteiger partial charge in [0.25, 0.3) is 10.0 Å². The van der Waals surface area contributed by atoms with Crippen LogP contribution < -0.4 is 9.25 Å². The number of benzene rings is 1. The number of sulfonamides is 1. The Morgan fingerprint density at radius 2 is 1.83 bits per heavy atom. The Bertz CT molecular complexity index is 840. The van der Waals surface area contributed by atoms with Crippen LogP contribution >= 0.6 is 18.9 Å². The molecule has 1 heterocycles. The molecular formula is C11H10F3NNaO5PS2. The van der Waals surface area contributed by atoms with Gasteiger partial charge in [0.15, 0.2) is 11.6 Å². The van der Waals surface area contributed by atoms with Crippen LogP contribution in [0.2, 0.25) is 0 Å². The molecule has 0 spiro atoms. The van der Waals surface area contributed by atoms with Crippen LogP contribution in [0.15, 0.2) is 33.9 Å². The van der Waals surface area contributed by atoms with E-state index in [2.05, 4.69) is 4.52 Å². The van der Waals surface area contributed by atoms with Gasteiger partial charge >= 0.3 is 37.2 Å². The predicted molar refractivity (Wildman–Crippen MR) is 83.4 cm³/mol. The molecule has 0 saturated heterocycles. The molecule has 0 aliphatic carbocycles. The molecule has 0 saturated carbocycles. The Hall–Kier alpha value is -0.390. The van der Waals surface area contributed by atoms with Crippen molar-refractivity contribution >= 4 is 58.5 Å². The molecule has 1 aromatic carbocycles. The van der Waals surface area contributed by atoms with Crippen LogP contribution in [0.5, 0.6) is 5.75 Å². The van der Waals surface area contributed by atoms with Gasteiger partial charge in [0.1, 0.15) is 16.3 Å². The van der Waals surface area contributed by atoms with Gasteiger partial charge in [0, 0.05) is 12.1 Å². The Kier molecular flexibility index (Phi) is 7.51. The van der Waals surface area contributed by atoms with Gasteiger partial charge in [-0.05, 0) is 11.4 Å². The number of hydrogen-bond donors (Lipinski definition) is 2. The van der Waals surface area contributed by atoms with Crippen LogP contribution in [0.3, 0.4) is 0 Å². The van der Waals surface area contributed by atoms with Crippen molar-refractivity contribution in [2.24, 2.45) is 0 Å². The van der Waals surface area contributed by atoms with Gasteiger partial charge in [-0.3, -0.25) is 0 Å². The molecule has 1 aromatic heterocycles. The van der Waals surface area contributed by atoms with Gasteiger partial charge in [0.2, 0.25) is 5.75 Å². The normalized spacial score (nSPS) is 13.8. The van der Waals surface area contributed by atoms with Crippen LogP contribution in [0.1, 0.15) is 0 Å². The molecule has 0 fully saturated rings. The van der Waals surface area contributed by atoms with Gasteiger partial charge in [-0.2, -0.15) is 4.72 Å². The molecule has 6 nitrogen and oxygen atoms in total. The number of halogens is 3. The molecule has 13 heteroatoms. The van der Waals surface area contributed by atoms with Crippen LogP contribution in [-0.4, -0.2) is 49.2 Å². The third kappa shape index (κ3) is 5.57. The molecule has 0 aliphatic rings. The second kappa shape index (κ2) is 8.33. The van der Waals surface area contributed by atoms with Crippen LogP contribution in [-0.2, 0) is 14.6 Å². The maximum atomic E-state index is 13.4. The van der Waals surface area contributed by atoms with E-state index < -0.39 is 47.1 Å². The standard InChI is InChI=1S/C11H9F3NO5PS2.Na.H/c12-7-4-8(13)11(9(14)5-7)20-21(16,17)6-15-23(18,19)10-2-1-3-22-10;;/h1-5,15H,6H2,(H,16,17);;. The summed E-state index contributed by atoms with van der Waals surface area (Å²) < 4.78 is 80.8. The molecule has 24 heavy (non-hydrogen) atoms. The average Bonchev–Trinajstić information content (AvgIpc) is 2.96. The summed E-state index contributed by atoms with van der Waals surface area (Å²) >= 11 is 0.867. The van der Waals surface area contributed by atoms with Gasteiger partial charge in [-0.25, -0.2) is 26.2 Å². The van der Waals surface area contributed by atoms with Crippen molar-refractivity contribution in [2.45, 2.75) is 4.21 Å². The first-order valence-electron chi connectivity index (χ1n) is 5.80. The van der Waals surface area contributed by atoms with Crippen molar-refractivity contribution in [1.82, 2.24) is 4.72 Å². The molecule has 0 amide bonds. The van der Waals surface area contributed by atoms with E-state index in [1.807, 2.05) is 0 Å². The quantitative estimate of drug-likeness (QED) is 0.561. The van der Waals surface area contributed by atoms with Crippen molar-refractivity contribution < 1.29 is 35.6 Å². The Morgan fingerprint density at radius 3 is 2.33 bits per heavy atom. The molecule has 2 N–H and O–H groups in total. The summed E-state index contributed by atoms with van der Waals surface area (Å²) in [6.45, 7) is 0. The van der Waals surface area contributed by atoms with Crippen LogP contribution in [0.4, 0.5) is 13.2 Å². The first-order valence-corrected chi connectivity index (χ1v) is 9.92. The fourth-order valence-corrected chi connectivity index (χ4v) is 5.00. The zero-order chi connectivity index (χ0) is 17.3. The molecule has 2 rings (SSSR count). The van der Waals surface area contributed by atoms with Gasteiger partial charge < -0.3 is 9.42 Å². The molecule has 2 aromatic rings. The minimum atomic E-state index is -4.77.